The Morgan fingerprint density at radius 1 is 1.67 bits per heavy atom. The van der Waals surface area contributed by atoms with Crippen molar-refractivity contribution in [1.29, 1.82) is 0 Å². The lowest BCUT2D eigenvalue weighted by molar-refractivity contribution is 0.191. The average molecular weight is 166 g/mol. The third-order valence-electron chi connectivity index (χ3n) is 1.44. The van der Waals surface area contributed by atoms with Gasteiger partial charge in [0, 0.05) is 6.21 Å². The molecule has 1 rings (SSSR count). The van der Waals surface area contributed by atoms with Crippen molar-refractivity contribution in [3.63, 3.8) is 0 Å². The number of nitrogens with two attached hydrogens (primary N) is 1. The summed E-state index contributed by atoms with van der Waals surface area (Å²) >= 11 is 0. The van der Waals surface area contributed by atoms with Crippen LogP contribution in [0.25, 0.3) is 0 Å². The Bertz CT molecular complexity index is 223. The van der Waals surface area contributed by atoms with E-state index in [-0.39, 0.29) is 0 Å². The zero-order valence-corrected chi connectivity index (χ0v) is 7.29. The summed E-state index contributed by atoms with van der Waals surface area (Å²) in [5, 5.41) is 0. The van der Waals surface area contributed by atoms with Gasteiger partial charge in [0.1, 0.15) is 6.10 Å². The molecule has 1 aliphatic carbocycles. The maximum absolute atomic E-state index is 5.56. The van der Waals surface area contributed by atoms with Crippen molar-refractivity contribution >= 4 is 6.21 Å². The second-order valence-corrected chi connectivity index (χ2v) is 2.82. The van der Waals surface area contributed by atoms with Gasteiger partial charge < -0.3 is 10.5 Å². The SMILES string of the molecule is C=C/C=N\C(OC1CC1)=C(/C)N. The molecule has 0 unspecified atom stereocenters. The van der Waals surface area contributed by atoms with Crippen LogP contribution in [-0.2, 0) is 4.74 Å². The van der Waals surface area contributed by atoms with E-state index in [1.54, 1.807) is 19.2 Å². The van der Waals surface area contributed by atoms with Gasteiger partial charge in [0.15, 0.2) is 0 Å². The van der Waals surface area contributed by atoms with Crippen molar-refractivity contribution in [1.82, 2.24) is 0 Å². The van der Waals surface area contributed by atoms with E-state index in [9.17, 15) is 0 Å². The van der Waals surface area contributed by atoms with E-state index in [4.69, 9.17) is 10.5 Å². The number of rotatable bonds is 4. The maximum atomic E-state index is 5.56. The molecule has 66 valence electrons. The van der Waals surface area contributed by atoms with Crippen LogP contribution < -0.4 is 5.73 Å². The molecule has 0 aromatic heterocycles. The standard InChI is InChI=1S/C9H14N2O/c1-3-6-11-9(7(2)10)12-8-4-5-8/h3,6,8H,1,4-5,10H2,2H3/b9-7-,11-6-. The first-order valence-electron chi connectivity index (χ1n) is 4.02. The van der Waals surface area contributed by atoms with Crippen LogP contribution >= 0.6 is 0 Å². The number of allylic oxidation sites excluding steroid dienone is 2. The van der Waals surface area contributed by atoms with E-state index in [2.05, 4.69) is 11.6 Å². The molecule has 3 heteroatoms. The minimum Gasteiger partial charge on any atom is -0.473 e. The quantitative estimate of drug-likeness (QED) is 0.509. The fourth-order valence-corrected chi connectivity index (χ4v) is 0.689. The van der Waals surface area contributed by atoms with Crippen molar-refractivity contribution < 1.29 is 4.74 Å². The molecule has 0 saturated heterocycles. The van der Waals surface area contributed by atoms with Gasteiger partial charge in [-0.2, -0.15) is 0 Å². The highest BCUT2D eigenvalue weighted by Crippen LogP contribution is 2.26. The van der Waals surface area contributed by atoms with Gasteiger partial charge in [0.25, 0.3) is 0 Å². The lowest BCUT2D eigenvalue weighted by atomic mass is 10.5. The third-order valence-corrected chi connectivity index (χ3v) is 1.44. The lowest BCUT2D eigenvalue weighted by Crippen LogP contribution is -2.02. The van der Waals surface area contributed by atoms with E-state index in [1.807, 2.05) is 0 Å². The number of ether oxygens (including phenoxy) is 1. The number of hydrogen-bond acceptors (Lipinski definition) is 3. The van der Waals surface area contributed by atoms with Gasteiger partial charge in [-0.3, -0.25) is 0 Å². The van der Waals surface area contributed by atoms with Gasteiger partial charge in [0.05, 0.1) is 5.70 Å². The Labute approximate surface area is 72.6 Å². The highest BCUT2D eigenvalue weighted by atomic mass is 16.5. The molecule has 12 heavy (non-hydrogen) atoms. The summed E-state index contributed by atoms with van der Waals surface area (Å²) in [6, 6.07) is 0. The maximum Gasteiger partial charge on any atom is 0.232 e. The summed E-state index contributed by atoms with van der Waals surface area (Å²) in [5.74, 6) is 0.525. The molecule has 1 fully saturated rings. The summed E-state index contributed by atoms with van der Waals surface area (Å²) < 4.78 is 5.43. The number of aliphatic imine (C=N–C) groups is 1. The molecule has 0 aliphatic heterocycles. The number of nitrogens with zero attached hydrogens (tertiary/aromatic N) is 1. The zero-order valence-electron chi connectivity index (χ0n) is 7.29. The topological polar surface area (TPSA) is 47.6 Å². The van der Waals surface area contributed by atoms with Crippen LogP contribution in [0.15, 0.2) is 29.2 Å². The summed E-state index contributed by atoms with van der Waals surface area (Å²) in [4.78, 5) is 4.01. The molecule has 0 bridgehead atoms. The van der Waals surface area contributed by atoms with E-state index in [0.29, 0.717) is 17.7 Å². The normalized spacial score (nSPS) is 19.1. The molecule has 0 aromatic carbocycles. The summed E-state index contributed by atoms with van der Waals surface area (Å²) in [6.07, 6.45) is 5.73. The van der Waals surface area contributed by atoms with Crippen LogP contribution in [0.4, 0.5) is 0 Å². The van der Waals surface area contributed by atoms with Gasteiger partial charge >= 0.3 is 0 Å². The van der Waals surface area contributed by atoms with Gasteiger partial charge in [-0.05, 0) is 19.8 Å². The number of hydrogen-bond donors (Lipinski definition) is 1. The van der Waals surface area contributed by atoms with Crippen LogP contribution in [0, 0.1) is 0 Å². The van der Waals surface area contributed by atoms with Gasteiger partial charge in [-0.25, -0.2) is 4.99 Å². The second-order valence-electron chi connectivity index (χ2n) is 2.82. The van der Waals surface area contributed by atoms with Crippen LogP contribution in [0.2, 0.25) is 0 Å². The molecule has 0 atom stereocenters. The molecule has 3 nitrogen and oxygen atoms in total. The summed E-state index contributed by atoms with van der Waals surface area (Å²) in [6.45, 7) is 5.29. The lowest BCUT2D eigenvalue weighted by Gasteiger charge is -2.04. The van der Waals surface area contributed by atoms with E-state index in [0.717, 1.165) is 12.8 Å². The van der Waals surface area contributed by atoms with E-state index in [1.165, 1.54) is 0 Å². The van der Waals surface area contributed by atoms with Crippen molar-refractivity contribution in [2.45, 2.75) is 25.9 Å². The Balaban J connectivity index is 2.54. The predicted octanol–water partition coefficient (Wildman–Crippen LogP) is 1.57. The fourth-order valence-electron chi connectivity index (χ4n) is 0.689. The minimum atomic E-state index is 0.334. The van der Waals surface area contributed by atoms with Crippen molar-refractivity contribution in [3.8, 4) is 0 Å². The Morgan fingerprint density at radius 2 is 2.33 bits per heavy atom. The molecule has 0 heterocycles. The van der Waals surface area contributed by atoms with Crippen molar-refractivity contribution in [3.05, 3.63) is 24.2 Å². The minimum absolute atomic E-state index is 0.334. The average Bonchev–Trinajstić information content (AvgIpc) is 2.80. The molecular weight excluding hydrogens is 152 g/mol. The molecule has 0 spiro atoms. The highest BCUT2D eigenvalue weighted by Gasteiger charge is 2.24. The van der Waals surface area contributed by atoms with E-state index >= 15 is 0 Å². The molecule has 1 aliphatic rings. The molecule has 0 radical (unpaired) electrons. The smallest absolute Gasteiger partial charge is 0.232 e. The Hall–Kier alpha value is -1.25. The van der Waals surface area contributed by atoms with Crippen LogP contribution in [-0.4, -0.2) is 12.3 Å². The summed E-state index contributed by atoms with van der Waals surface area (Å²) in [7, 11) is 0. The first-order chi connectivity index (χ1) is 5.74. The van der Waals surface area contributed by atoms with Crippen LogP contribution in [0.1, 0.15) is 19.8 Å². The molecule has 0 aromatic rings. The van der Waals surface area contributed by atoms with Gasteiger partial charge in [-0.15, -0.1) is 0 Å². The van der Waals surface area contributed by atoms with Crippen LogP contribution in [0.5, 0.6) is 0 Å². The third kappa shape index (κ3) is 2.78. The molecule has 0 amide bonds. The Morgan fingerprint density at radius 3 is 2.75 bits per heavy atom. The predicted molar refractivity (Wildman–Crippen MR) is 49.7 cm³/mol. The Kier molecular flexibility index (Phi) is 2.91. The fraction of sp³-hybridized carbons (Fsp3) is 0.444. The van der Waals surface area contributed by atoms with Crippen molar-refractivity contribution in [2.24, 2.45) is 10.7 Å². The van der Waals surface area contributed by atoms with E-state index < -0.39 is 0 Å². The monoisotopic (exact) mass is 166 g/mol. The molecule has 2 N–H and O–H groups in total. The largest absolute Gasteiger partial charge is 0.473 e. The molecule has 1 saturated carbocycles. The highest BCUT2D eigenvalue weighted by molar-refractivity contribution is 5.71. The van der Waals surface area contributed by atoms with Crippen molar-refractivity contribution in [2.75, 3.05) is 0 Å². The summed E-state index contributed by atoms with van der Waals surface area (Å²) in [5.41, 5.74) is 6.17. The first-order valence-corrected chi connectivity index (χ1v) is 4.02. The van der Waals surface area contributed by atoms with Gasteiger partial charge in [-0.1, -0.05) is 12.7 Å². The van der Waals surface area contributed by atoms with Crippen LogP contribution in [0.3, 0.4) is 0 Å². The second kappa shape index (κ2) is 3.95. The zero-order chi connectivity index (χ0) is 8.97. The van der Waals surface area contributed by atoms with Gasteiger partial charge in [0.2, 0.25) is 5.88 Å². The molecular formula is C9H14N2O. The first kappa shape index (κ1) is 8.84.